The summed E-state index contributed by atoms with van der Waals surface area (Å²) < 4.78 is 62.8. The average molecular weight is 294 g/mol. The molecule has 0 aromatic heterocycles. The van der Waals surface area contributed by atoms with Crippen molar-refractivity contribution < 1.29 is 31.5 Å². The molecular formula is C11H7F5N2O2. The Labute approximate surface area is 109 Å². The second-order valence-electron chi connectivity index (χ2n) is 4.03. The van der Waals surface area contributed by atoms with Gasteiger partial charge in [-0.1, -0.05) is 12.1 Å². The van der Waals surface area contributed by atoms with Gasteiger partial charge in [0.2, 0.25) is 5.91 Å². The molecule has 0 fully saturated rings. The van der Waals surface area contributed by atoms with Crippen LogP contribution in [0.2, 0.25) is 0 Å². The Morgan fingerprint density at radius 3 is 2.35 bits per heavy atom. The van der Waals surface area contributed by atoms with Crippen LogP contribution in [-0.4, -0.2) is 30.5 Å². The first-order valence-corrected chi connectivity index (χ1v) is 5.30. The molecule has 1 aromatic carbocycles. The molecule has 1 aliphatic rings. The first kappa shape index (κ1) is 14.2. The number of nitrogens with zero attached hydrogens (tertiary/aromatic N) is 1. The minimum Gasteiger partial charge on any atom is -0.323 e. The molecule has 0 saturated carbocycles. The minimum absolute atomic E-state index is 0.00456. The highest BCUT2D eigenvalue weighted by Crippen LogP contribution is 2.39. The molecule has 0 aliphatic carbocycles. The third-order valence-electron chi connectivity index (χ3n) is 2.64. The molecule has 0 unspecified atom stereocenters. The van der Waals surface area contributed by atoms with Gasteiger partial charge in [-0.05, 0) is 12.1 Å². The number of fused-ring (bicyclic) bond motifs is 1. The molecule has 2 amide bonds. The van der Waals surface area contributed by atoms with Gasteiger partial charge in [-0.2, -0.15) is 22.0 Å². The molecule has 0 bridgehead atoms. The predicted molar refractivity (Wildman–Crippen MR) is 58.4 cm³/mol. The maximum absolute atomic E-state index is 13.1. The van der Waals surface area contributed by atoms with Gasteiger partial charge in [-0.3, -0.25) is 14.5 Å². The zero-order valence-electron chi connectivity index (χ0n) is 9.67. The molecule has 0 atom stereocenters. The fraction of sp³-hybridized carbons (Fsp3) is 0.273. The Bertz CT molecular complexity index is 570. The SMILES string of the molecule is O=C1CN(C(=O)C(F)(F)C(F)(F)F)c2ccccc2N1. The van der Waals surface area contributed by atoms with E-state index in [0.717, 1.165) is 0 Å². The quantitative estimate of drug-likeness (QED) is 0.807. The van der Waals surface area contributed by atoms with Crippen molar-refractivity contribution in [3.05, 3.63) is 24.3 Å². The normalized spacial score (nSPS) is 15.7. The van der Waals surface area contributed by atoms with Crippen LogP contribution in [0.5, 0.6) is 0 Å². The summed E-state index contributed by atoms with van der Waals surface area (Å²) in [6.07, 6.45) is -6.02. The van der Waals surface area contributed by atoms with Crippen LogP contribution in [-0.2, 0) is 9.59 Å². The summed E-state index contributed by atoms with van der Waals surface area (Å²) in [4.78, 5) is 22.9. The summed E-state index contributed by atoms with van der Waals surface area (Å²) >= 11 is 0. The number of amides is 2. The van der Waals surface area contributed by atoms with Crippen molar-refractivity contribution in [1.82, 2.24) is 0 Å². The van der Waals surface area contributed by atoms with Crippen molar-refractivity contribution in [3.63, 3.8) is 0 Å². The molecule has 108 valence electrons. The molecule has 20 heavy (non-hydrogen) atoms. The second kappa shape index (κ2) is 4.43. The number of anilines is 2. The lowest BCUT2D eigenvalue weighted by Crippen LogP contribution is -2.55. The molecule has 4 nitrogen and oxygen atoms in total. The van der Waals surface area contributed by atoms with Crippen LogP contribution in [0.3, 0.4) is 0 Å². The van der Waals surface area contributed by atoms with E-state index in [9.17, 15) is 31.5 Å². The Morgan fingerprint density at radius 2 is 1.75 bits per heavy atom. The first-order valence-electron chi connectivity index (χ1n) is 5.30. The van der Waals surface area contributed by atoms with Gasteiger partial charge in [0.1, 0.15) is 6.54 Å². The largest absolute Gasteiger partial charge is 0.463 e. The summed E-state index contributed by atoms with van der Waals surface area (Å²) in [5.41, 5.74) is -0.212. The second-order valence-corrected chi connectivity index (χ2v) is 4.03. The van der Waals surface area contributed by atoms with Crippen LogP contribution in [0.25, 0.3) is 0 Å². The van der Waals surface area contributed by atoms with Crippen LogP contribution >= 0.6 is 0 Å². The third kappa shape index (κ3) is 2.19. The molecule has 2 rings (SSSR count). The van der Waals surface area contributed by atoms with E-state index in [1.807, 2.05) is 0 Å². The minimum atomic E-state index is -6.02. The zero-order chi connectivity index (χ0) is 15.1. The number of rotatable bonds is 1. The van der Waals surface area contributed by atoms with Crippen LogP contribution in [0, 0.1) is 0 Å². The molecule has 0 radical (unpaired) electrons. The standard InChI is InChI=1S/C11H7F5N2O2/c12-10(13,11(14,15)16)9(20)18-5-8(19)17-6-3-1-2-4-7(6)18/h1-4H,5H2,(H,17,19). The molecule has 1 heterocycles. The maximum atomic E-state index is 13.1. The van der Waals surface area contributed by atoms with E-state index in [-0.39, 0.29) is 16.3 Å². The number of nitrogens with one attached hydrogen (secondary N) is 1. The summed E-state index contributed by atoms with van der Waals surface area (Å²) in [6, 6.07) is 5.24. The number of halogens is 5. The Kier molecular flexibility index (Phi) is 3.15. The third-order valence-corrected chi connectivity index (χ3v) is 2.64. The van der Waals surface area contributed by atoms with Crippen LogP contribution < -0.4 is 10.2 Å². The number of benzene rings is 1. The Morgan fingerprint density at radius 1 is 1.15 bits per heavy atom. The number of para-hydroxylation sites is 2. The van der Waals surface area contributed by atoms with Gasteiger partial charge >= 0.3 is 18.0 Å². The zero-order valence-corrected chi connectivity index (χ0v) is 9.67. The fourth-order valence-corrected chi connectivity index (χ4v) is 1.71. The summed E-state index contributed by atoms with van der Waals surface area (Å²) in [5.74, 6) is -8.89. The molecule has 1 N–H and O–H groups in total. The van der Waals surface area contributed by atoms with Gasteiger partial charge in [0, 0.05) is 0 Å². The smallest absolute Gasteiger partial charge is 0.323 e. The van der Waals surface area contributed by atoms with Crippen molar-refractivity contribution in [2.75, 3.05) is 16.8 Å². The van der Waals surface area contributed by atoms with Crippen molar-refractivity contribution in [2.45, 2.75) is 12.1 Å². The lowest BCUT2D eigenvalue weighted by atomic mass is 10.1. The number of carbonyl (C=O) groups is 2. The molecule has 0 spiro atoms. The lowest BCUT2D eigenvalue weighted by Gasteiger charge is -2.32. The number of alkyl halides is 5. The number of hydrogen-bond acceptors (Lipinski definition) is 2. The molecule has 9 heteroatoms. The summed E-state index contributed by atoms with van der Waals surface area (Å²) in [7, 11) is 0. The molecular weight excluding hydrogens is 287 g/mol. The van der Waals surface area contributed by atoms with E-state index in [1.54, 1.807) is 0 Å². The lowest BCUT2D eigenvalue weighted by molar-refractivity contribution is -0.268. The van der Waals surface area contributed by atoms with Crippen LogP contribution in [0.15, 0.2) is 24.3 Å². The van der Waals surface area contributed by atoms with E-state index in [0.29, 0.717) is 0 Å². The van der Waals surface area contributed by atoms with E-state index in [4.69, 9.17) is 0 Å². The van der Waals surface area contributed by atoms with Crippen molar-refractivity contribution in [1.29, 1.82) is 0 Å². The molecule has 1 aromatic rings. The van der Waals surface area contributed by atoms with E-state index >= 15 is 0 Å². The van der Waals surface area contributed by atoms with Gasteiger partial charge < -0.3 is 5.32 Å². The van der Waals surface area contributed by atoms with Gasteiger partial charge in [-0.15, -0.1) is 0 Å². The topological polar surface area (TPSA) is 49.4 Å². The van der Waals surface area contributed by atoms with E-state index < -0.39 is 30.5 Å². The number of carbonyl (C=O) groups excluding carboxylic acids is 2. The van der Waals surface area contributed by atoms with Gasteiger partial charge in [-0.25, -0.2) is 0 Å². The highest BCUT2D eigenvalue weighted by Gasteiger charge is 2.65. The van der Waals surface area contributed by atoms with Crippen LogP contribution in [0.1, 0.15) is 0 Å². The number of hydrogen-bond donors (Lipinski definition) is 1. The van der Waals surface area contributed by atoms with Crippen molar-refractivity contribution >= 4 is 23.2 Å². The average Bonchev–Trinajstić information content (AvgIpc) is 2.35. The van der Waals surface area contributed by atoms with Gasteiger partial charge in [0.05, 0.1) is 11.4 Å². The van der Waals surface area contributed by atoms with E-state index in [1.165, 1.54) is 24.3 Å². The van der Waals surface area contributed by atoms with Crippen LogP contribution in [0.4, 0.5) is 33.3 Å². The van der Waals surface area contributed by atoms with Crippen molar-refractivity contribution in [3.8, 4) is 0 Å². The van der Waals surface area contributed by atoms with E-state index in [2.05, 4.69) is 5.32 Å². The molecule has 1 aliphatic heterocycles. The maximum Gasteiger partial charge on any atom is 0.463 e. The van der Waals surface area contributed by atoms with Gasteiger partial charge in [0.25, 0.3) is 0 Å². The first-order chi connectivity index (χ1) is 9.14. The monoisotopic (exact) mass is 294 g/mol. The highest BCUT2D eigenvalue weighted by molar-refractivity contribution is 6.11. The highest BCUT2D eigenvalue weighted by atomic mass is 19.4. The molecule has 0 saturated heterocycles. The Balaban J connectivity index is 2.44. The fourth-order valence-electron chi connectivity index (χ4n) is 1.71. The Hall–Kier alpha value is -2.19. The summed E-state index contributed by atoms with van der Waals surface area (Å²) in [5, 5.41) is 2.28. The van der Waals surface area contributed by atoms with Crippen molar-refractivity contribution in [2.24, 2.45) is 0 Å². The summed E-state index contributed by atoms with van der Waals surface area (Å²) in [6.45, 7) is -0.901. The predicted octanol–water partition coefficient (Wildman–Crippen LogP) is 2.17. The van der Waals surface area contributed by atoms with Gasteiger partial charge in [0.15, 0.2) is 0 Å².